The van der Waals surface area contributed by atoms with E-state index in [0.29, 0.717) is 0 Å². The smallest absolute Gasteiger partial charge is 0.255 e. The fourth-order valence-corrected chi connectivity index (χ4v) is 3.06. The molecule has 0 radical (unpaired) electrons. The molecule has 0 aliphatic rings. The number of rotatable bonds is 6. The number of carbonyl (C=O) groups excluding carboxylic acids is 1. The van der Waals surface area contributed by atoms with Crippen LogP contribution in [0.5, 0.6) is 0 Å². The zero-order chi connectivity index (χ0) is 18.4. The van der Waals surface area contributed by atoms with Gasteiger partial charge in [-0.25, -0.2) is 17.5 Å². The molecule has 0 heterocycles. The Morgan fingerprint density at radius 1 is 1.20 bits per heavy atom. The van der Waals surface area contributed by atoms with Gasteiger partial charge in [0, 0.05) is 18.5 Å². The number of hydrogen-bond donors (Lipinski definition) is 2. The summed E-state index contributed by atoms with van der Waals surface area (Å²) in [5, 5.41) is 10.9. The molecule has 0 bridgehead atoms. The molecule has 0 saturated heterocycles. The normalized spacial score (nSPS) is 10.9. The molecule has 8 heteroatoms. The average Bonchev–Trinajstić information content (AvgIpc) is 2.57. The summed E-state index contributed by atoms with van der Waals surface area (Å²) in [5.41, 5.74) is 0.968. The molecule has 2 aromatic rings. The molecular formula is C17H16FN3O3S. The van der Waals surface area contributed by atoms with Crippen molar-refractivity contribution in [3.63, 3.8) is 0 Å². The van der Waals surface area contributed by atoms with Crippen LogP contribution in [0.1, 0.15) is 22.3 Å². The summed E-state index contributed by atoms with van der Waals surface area (Å²) >= 11 is 0. The van der Waals surface area contributed by atoms with Crippen molar-refractivity contribution in [3.05, 3.63) is 59.4 Å². The van der Waals surface area contributed by atoms with E-state index in [1.54, 1.807) is 13.0 Å². The van der Waals surface area contributed by atoms with E-state index in [1.165, 1.54) is 36.4 Å². The summed E-state index contributed by atoms with van der Waals surface area (Å²) in [6.45, 7) is 1.74. The lowest BCUT2D eigenvalue weighted by molar-refractivity contribution is 0.102. The first kappa shape index (κ1) is 18.6. The standard InChI is InChI=1S/C17H16FN3O3S/c1-12-3-8-16(15(18)11-12)21-17(22)13-4-6-14(7-5-13)25(23,24)20-10-2-9-19/h3-8,11,20H,2,10H2,1H3,(H,21,22). The minimum absolute atomic E-state index is 0.00771. The second-order valence-electron chi connectivity index (χ2n) is 5.27. The van der Waals surface area contributed by atoms with E-state index in [9.17, 15) is 17.6 Å². The minimum atomic E-state index is -3.74. The highest BCUT2D eigenvalue weighted by molar-refractivity contribution is 7.89. The van der Waals surface area contributed by atoms with Crippen LogP contribution in [0.3, 0.4) is 0 Å². The van der Waals surface area contributed by atoms with E-state index < -0.39 is 21.7 Å². The fraction of sp³-hybridized carbons (Fsp3) is 0.176. The summed E-state index contributed by atoms with van der Waals surface area (Å²) in [6, 6.07) is 11.5. The van der Waals surface area contributed by atoms with Crippen LogP contribution in [-0.4, -0.2) is 20.9 Å². The Morgan fingerprint density at radius 2 is 1.88 bits per heavy atom. The Kier molecular flexibility index (Phi) is 5.85. The predicted octanol–water partition coefficient (Wildman–Crippen LogP) is 2.58. The van der Waals surface area contributed by atoms with Crippen molar-refractivity contribution in [2.24, 2.45) is 0 Å². The maximum atomic E-state index is 13.8. The predicted molar refractivity (Wildman–Crippen MR) is 91.0 cm³/mol. The summed E-state index contributed by atoms with van der Waals surface area (Å²) in [6.07, 6.45) is 0.0574. The molecule has 1 amide bonds. The van der Waals surface area contributed by atoms with Crippen LogP contribution in [0.25, 0.3) is 0 Å². The summed E-state index contributed by atoms with van der Waals surface area (Å²) in [4.78, 5) is 12.1. The Labute approximate surface area is 145 Å². The molecule has 2 rings (SSSR count). The molecule has 130 valence electrons. The molecule has 0 aliphatic heterocycles. The van der Waals surface area contributed by atoms with Crippen LogP contribution in [0, 0.1) is 24.1 Å². The highest BCUT2D eigenvalue weighted by atomic mass is 32.2. The molecule has 0 saturated carbocycles. The number of nitriles is 1. The van der Waals surface area contributed by atoms with Gasteiger partial charge in [0.1, 0.15) is 5.82 Å². The number of carbonyl (C=O) groups is 1. The summed E-state index contributed by atoms with van der Waals surface area (Å²) in [7, 11) is -3.74. The topological polar surface area (TPSA) is 99.1 Å². The number of amides is 1. The van der Waals surface area contributed by atoms with Crippen LogP contribution in [0.15, 0.2) is 47.4 Å². The third kappa shape index (κ3) is 4.86. The van der Waals surface area contributed by atoms with Crippen LogP contribution < -0.4 is 10.0 Å². The van der Waals surface area contributed by atoms with Gasteiger partial charge in [-0.1, -0.05) is 6.07 Å². The average molecular weight is 361 g/mol. The lowest BCUT2D eigenvalue weighted by atomic mass is 10.2. The Morgan fingerprint density at radius 3 is 2.48 bits per heavy atom. The van der Waals surface area contributed by atoms with Gasteiger partial charge in [0.2, 0.25) is 10.0 Å². The molecule has 0 aromatic heterocycles. The second-order valence-corrected chi connectivity index (χ2v) is 7.03. The van der Waals surface area contributed by atoms with Gasteiger partial charge in [-0.15, -0.1) is 0 Å². The Hall–Kier alpha value is -2.76. The van der Waals surface area contributed by atoms with Crippen molar-refractivity contribution in [3.8, 4) is 6.07 Å². The number of hydrogen-bond acceptors (Lipinski definition) is 4. The highest BCUT2D eigenvalue weighted by Gasteiger charge is 2.15. The van der Waals surface area contributed by atoms with Gasteiger partial charge in [-0.05, 0) is 48.9 Å². The van der Waals surface area contributed by atoms with E-state index in [2.05, 4.69) is 10.0 Å². The van der Waals surface area contributed by atoms with E-state index in [0.717, 1.165) is 5.56 Å². The van der Waals surface area contributed by atoms with Gasteiger partial charge in [0.05, 0.1) is 16.7 Å². The largest absolute Gasteiger partial charge is 0.319 e. The third-order valence-electron chi connectivity index (χ3n) is 3.33. The molecule has 0 atom stereocenters. The molecule has 0 unspecified atom stereocenters. The van der Waals surface area contributed by atoms with Gasteiger partial charge in [-0.2, -0.15) is 5.26 Å². The van der Waals surface area contributed by atoms with Crippen LogP contribution in [0.4, 0.5) is 10.1 Å². The monoisotopic (exact) mass is 361 g/mol. The first-order chi connectivity index (χ1) is 11.8. The number of nitrogens with zero attached hydrogens (tertiary/aromatic N) is 1. The number of aryl methyl sites for hydroxylation is 1. The molecule has 2 N–H and O–H groups in total. The van der Waals surface area contributed by atoms with E-state index in [-0.39, 0.29) is 29.1 Å². The molecular weight excluding hydrogens is 345 g/mol. The Balaban J connectivity index is 2.11. The third-order valence-corrected chi connectivity index (χ3v) is 4.81. The molecule has 0 fully saturated rings. The van der Waals surface area contributed by atoms with E-state index in [1.807, 2.05) is 6.07 Å². The maximum Gasteiger partial charge on any atom is 0.255 e. The quantitative estimate of drug-likeness (QED) is 0.773. The maximum absolute atomic E-state index is 13.8. The lowest BCUT2D eigenvalue weighted by Gasteiger charge is -2.08. The second kappa shape index (κ2) is 7.88. The number of nitrogens with one attached hydrogen (secondary N) is 2. The molecule has 0 aliphatic carbocycles. The van der Waals surface area contributed by atoms with Gasteiger partial charge in [0.15, 0.2) is 0 Å². The van der Waals surface area contributed by atoms with Crippen LogP contribution in [0.2, 0.25) is 0 Å². The van der Waals surface area contributed by atoms with Crippen molar-refractivity contribution >= 4 is 21.6 Å². The number of halogens is 1. The molecule has 2 aromatic carbocycles. The van der Waals surface area contributed by atoms with Crippen LogP contribution in [-0.2, 0) is 10.0 Å². The number of sulfonamides is 1. The molecule has 6 nitrogen and oxygen atoms in total. The van der Waals surface area contributed by atoms with E-state index in [4.69, 9.17) is 5.26 Å². The van der Waals surface area contributed by atoms with Gasteiger partial charge in [0.25, 0.3) is 5.91 Å². The summed E-state index contributed by atoms with van der Waals surface area (Å²) < 4.78 is 40.0. The lowest BCUT2D eigenvalue weighted by Crippen LogP contribution is -2.24. The van der Waals surface area contributed by atoms with Crippen LogP contribution >= 0.6 is 0 Å². The van der Waals surface area contributed by atoms with Crippen molar-refractivity contribution in [1.29, 1.82) is 5.26 Å². The summed E-state index contributed by atoms with van der Waals surface area (Å²) in [5.74, 6) is -1.10. The van der Waals surface area contributed by atoms with E-state index >= 15 is 0 Å². The SMILES string of the molecule is Cc1ccc(NC(=O)c2ccc(S(=O)(=O)NCCC#N)cc2)c(F)c1. The number of benzene rings is 2. The van der Waals surface area contributed by atoms with Crippen molar-refractivity contribution in [1.82, 2.24) is 4.72 Å². The van der Waals surface area contributed by atoms with Crippen molar-refractivity contribution in [2.45, 2.75) is 18.2 Å². The van der Waals surface area contributed by atoms with Gasteiger partial charge >= 0.3 is 0 Å². The minimum Gasteiger partial charge on any atom is -0.319 e. The Bertz CT molecular complexity index is 919. The fourth-order valence-electron chi connectivity index (χ4n) is 2.03. The first-order valence-corrected chi connectivity index (χ1v) is 8.86. The zero-order valence-corrected chi connectivity index (χ0v) is 14.2. The first-order valence-electron chi connectivity index (χ1n) is 7.37. The van der Waals surface area contributed by atoms with Crippen molar-refractivity contribution in [2.75, 3.05) is 11.9 Å². The van der Waals surface area contributed by atoms with Gasteiger partial charge < -0.3 is 5.32 Å². The molecule has 0 spiro atoms. The number of anilines is 1. The highest BCUT2D eigenvalue weighted by Crippen LogP contribution is 2.17. The molecule has 25 heavy (non-hydrogen) atoms. The van der Waals surface area contributed by atoms with Crippen molar-refractivity contribution < 1.29 is 17.6 Å². The van der Waals surface area contributed by atoms with Gasteiger partial charge in [-0.3, -0.25) is 4.79 Å². The zero-order valence-electron chi connectivity index (χ0n) is 13.4.